The number of halogens is 1. The molecule has 1 aromatic carbocycles. The SMILES string of the molecule is O=c1nc2n(c3ccccc13)CC/C2=C\N1CCCC1.SPI.[W]. The molecule has 1 unspecified atom stereocenters. The first-order valence-corrected chi connectivity index (χ1v) is 13.1. The largest absolute Gasteiger partial charge is 0.377 e. The van der Waals surface area contributed by atoms with Crippen LogP contribution in [0.2, 0.25) is 0 Å². The summed E-state index contributed by atoms with van der Waals surface area (Å²) < 4.78 is 2.18. The second-order valence-corrected chi connectivity index (χ2v) is 10.7. The van der Waals surface area contributed by atoms with Gasteiger partial charge in [-0.1, -0.05) is 12.1 Å². The van der Waals surface area contributed by atoms with Crippen molar-refractivity contribution in [2.75, 3.05) is 13.1 Å². The fourth-order valence-corrected chi connectivity index (χ4v) is 3.25. The van der Waals surface area contributed by atoms with E-state index in [4.69, 9.17) is 0 Å². The zero-order chi connectivity index (χ0) is 16.2. The molecule has 4 nitrogen and oxygen atoms in total. The summed E-state index contributed by atoms with van der Waals surface area (Å²) in [4.78, 5) is 18.8. The summed E-state index contributed by atoms with van der Waals surface area (Å²) >= 11 is 5.98. The second kappa shape index (κ2) is 9.70. The minimum absolute atomic E-state index is 0. The van der Waals surface area contributed by atoms with Crippen molar-refractivity contribution >= 4 is 56.2 Å². The van der Waals surface area contributed by atoms with Crippen LogP contribution in [0.15, 0.2) is 35.3 Å². The van der Waals surface area contributed by atoms with Crippen molar-refractivity contribution in [3.05, 3.63) is 46.6 Å². The van der Waals surface area contributed by atoms with Gasteiger partial charge in [-0.2, -0.15) is 4.98 Å². The first-order chi connectivity index (χ1) is 11.2. The molecule has 0 radical (unpaired) electrons. The van der Waals surface area contributed by atoms with Crippen LogP contribution in [0.3, 0.4) is 0 Å². The van der Waals surface area contributed by atoms with E-state index in [0.29, 0.717) is 0 Å². The molecular weight excluding hydrogens is 624 g/mol. The molecule has 1 saturated heterocycles. The fourth-order valence-electron chi connectivity index (χ4n) is 3.25. The third-order valence-corrected chi connectivity index (χ3v) is 4.26. The van der Waals surface area contributed by atoms with Gasteiger partial charge in [0.15, 0.2) is 0 Å². The summed E-state index contributed by atoms with van der Waals surface area (Å²) in [6.07, 6.45) is 5.72. The van der Waals surface area contributed by atoms with Crippen LogP contribution in [0.1, 0.15) is 25.1 Å². The number of rotatable bonds is 1. The maximum Gasteiger partial charge on any atom is 0.281 e. The van der Waals surface area contributed by atoms with Gasteiger partial charge < -0.3 is 9.47 Å². The zero-order valence-corrected chi connectivity index (χ0v) is 20.1. The molecule has 0 N–H and O–H groups in total. The Bertz CT molecular complexity index is 792. The third kappa shape index (κ3) is 4.43. The number of hydrogen-bond donors (Lipinski definition) is 1. The first-order valence-electron chi connectivity index (χ1n) is 7.69. The average Bonchev–Trinajstić information content (AvgIpc) is 3.20. The molecule has 128 valence electrons. The van der Waals surface area contributed by atoms with E-state index in [0.717, 1.165) is 48.2 Å². The molecule has 2 aliphatic heterocycles. The molecule has 8 heteroatoms. The van der Waals surface area contributed by atoms with Crippen molar-refractivity contribution in [1.82, 2.24) is 14.5 Å². The predicted molar refractivity (Wildman–Crippen MR) is 111 cm³/mol. The number of nitrogens with zero attached hydrogens (tertiary/aromatic N) is 3. The van der Waals surface area contributed by atoms with Gasteiger partial charge in [0.25, 0.3) is 5.56 Å². The number of likely N-dealkylation sites (tertiary alicyclic amines) is 1. The molecule has 1 fully saturated rings. The van der Waals surface area contributed by atoms with Gasteiger partial charge in [-0.15, -0.1) is 12.2 Å². The Morgan fingerprint density at radius 3 is 2.58 bits per heavy atom. The number of thiol groups is 1. The standard InChI is InChI=1S/C16H17N3O.H2IPS.W/c20-16-13-5-1-2-6-14(13)19-10-7-12(15(19)17-16)11-18-8-3-4-9-18;1-2-3;/h1-2,5-6,11H,3-4,7-10H2;2-3H;/b12-11+;;. The Hall–Kier alpha value is 0.0983. The average molecular weight is 643 g/mol. The Morgan fingerprint density at radius 1 is 1.21 bits per heavy atom. The van der Waals surface area contributed by atoms with E-state index in [9.17, 15) is 4.79 Å². The molecule has 24 heavy (non-hydrogen) atoms. The van der Waals surface area contributed by atoms with Gasteiger partial charge in [0.2, 0.25) is 0 Å². The van der Waals surface area contributed by atoms with Crippen LogP contribution >= 0.6 is 39.7 Å². The molecule has 4 rings (SSSR count). The number of para-hydroxylation sites is 1. The Labute approximate surface area is 176 Å². The minimum atomic E-state index is -0.110. The Balaban J connectivity index is 0.000000487. The summed E-state index contributed by atoms with van der Waals surface area (Å²) in [7, 11) is 0. The number of fused-ring (bicyclic) bond motifs is 3. The van der Waals surface area contributed by atoms with Crippen molar-refractivity contribution in [2.45, 2.75) is 25.8 Å². The van der Waals surface area contributed by atoms with Crippen LogP contribution in [-0.2, 0) is 27.6 Å². The van der Waals surface area contributed by atoms with Crippen molar-refractivity contribution in [1.29, 1.82) is 0 Å². The van der Waals surface area contributed by atoms with Gasteiger partial charge in [0.05, 0.1) is 10.9 Å². The maximum absolute atomic E-state index is 12.2. The van der Waals surface area contributed by atoms with E-state index in [1.54, 1.807) is 0 Å². The molecule has 0 saturated carbocycles. The zero-order valence-electron chi connectivity index (χ0n) is 13.1. The maximum atomic E-state index is 12.2. The van der Waals surface area contributed by atoms with Crippen LogP contribution in [0.25, 0.3) is 16.5 Å². The Kier molecular flexibility index (Phi) is 8.25. The van der Waals surface area contributed by atoms with Crippen LogP contribution in [-0.4, -0.2) is 27.5 Å². The van der Waals surface area contributed by atoms with Gasteiger partial charge >= 0.3 is 0 Å². The van der Waals surface area contributed by atoms with E-state index in [1.165, 1.54) is 18.4 Å². The van der Waals surface area contributed by atoms with E-state index in [2.05, 4.69) is 54.9 Å². The van der Waals surface area contributed by atoms with Gasteiger partial charge in [0.1, 0.15) is 5.82 Å². The molecule has 1 atom stereocenters. The van der Waals surface area contributed by atoms with E-state index in [-0.39, 0.29) is 26.6 Å². The van der Waals surface area contributed by atoms with Gasteiger partial charge in [0, 0.05) is 57.9 Å². The summed E-state index contributed by atoms with van der Waals surface area (Å²) in [5.74, 6) is 0.862. The fraction of sp³-hybridized carbons (Fsp3) is 0.375. The summed E-state index contributed by atoms with van der Waals surface area (Å²) in [6, 6.07) is 7.76. The van der Waals surface area contributed by atoms with Crippen molar-refractivity contribution in [2.24, 2.45) is 0 Å². The van der Waals surface area contributed by atoms with Crippen LogP contribution in [0.5, 0.6) is 0 Å². The molecule has 0 spiro atoms. The summed E-state index contributed by atoms with van der Waals surface area (Å²) in [6.45, 7) is 3.17. The Morgan fingerprint density at radius 2 is 1.88 bits per heavy atom. The molecule has 3 heterocycles. The van der Waals surface area contributed by atoms with Crippen molar-refractivity contribution in [3.63, 3.8) is 0 Å². The first kappa shape index (κ1) is 20.4. The smallest absolute Gasteiger partial charge is 0.281 e. The molecule has 1 aromatic heterocycles. The monoisotopic (exact) mass is 643 g/mol. The number of aromatic nitrogens is 2. The molecule has 0 aliphatic carbocycles. The normalized spacial score (nSPS) is 17.9. The van der Waals surface area contributed by atoms with Crippen LogP contribution in [0, 0.1) is 0 Å². The van der Waals surface area contributed by atoms with Crippen LogP contribution in [0.4, 0.5) is 0 Å². The van der Waals surface area contributed by atoms with Crippen LogP contribution < -0.4 is 5.56 Å². The third-order valence-electron chi connectivity index (χ3n) is 4.26. The number of aryl methyl sites for hydroxylation is 1. The van der Waals surface area contributed by atoms with E-state index < -0.39 is 0 Å². The van der Waals surface area contributed by atoms with E-state index >= 15 is 0 Å². The molecule has 0 bridgehead atoms. The molecular formula is C16H19IN3OPSW. The van der Waals surface area contributed by atoms with Gasteiger partial charge in [-0.05, 0) is 53.4 Å². The number of benzene rings is 1. The summed E-state index contributed by atoms with van der Waals surface area (Å²) in [5.41, 5.74) is 2.85. The predicted octanol–water partition coefficient (Wildman–Crippen LogP) is 4.09. The van der Waals surface area contributed by atoms with Gasteiger partial charge in [-0.25, -0.2) is 0 Å². The van der Waals surface area contributed by atoms with Gasteiger partial charge in [-0.3, -0.25) is 4.79 Å². The van der Waals surface area contributed by atoms with Crippen molar-refractivity contribution in [3.8, 4) is 0 Å². The second-order valence-electron chi connectivity index (χ2n) is 5.64. The van der Waals surface area contributed by atoms with Crippen molar-refractivity contribution < 1.29 is 21.1 Å². The molecule has 2 aromatic rings. The number of allylic oxidation sites excluding steroid dienone is 1. The quantitative estimate of drug-likeness (QED) is 0.290. The minimum Gasteiger partial charge on any atom is -0.377 e. The topological polar surface area (TPSA) is 38.1 Å². The summed E-state index contributed by atoms with van der Waals surface area (Å²) in [5, 5.41) is 0.721. The number of hydrogen-bond acceptors (Lipinski definition) is 4. The molecule has 0 amide bonds. The molecule has 2 aliphatic rings. The van der Waals surface area contributed by atoms with E-state index in [1.807, 2.05) is 24.3 Å².